The van der Waals surface area contributed by atoms with Crippen molar-refractivity contribution < 1.29 is 32.2 Å². The Morgan fingerprint density at radius 1 is 1.33 bits per heavy atom. The molecule has 0 fully saturated rings. The first-order valence-electron chi connectivity index (χ1n) is 9.36. The van der Waals surface area contributed by atoms with Crippen LogP contribution in [0.4, 0.5) is 11.5 Å². The zero-order valence-electron chi connectivity index (χ0n) is 17.5. The van der Waals surface area contributed by atoms with Crippen LogP contribution in [0.15, 0.2) is 33.8 Å². The Labute approximate surface area is 190 Å². The van der Waals surface area contributed by atoms with Crippen LogP contribution >= 0.6 is 11.3 Å². The average Bonchev–Trinajstić information content (AvgIpc) is 3.26. The molecule has 0 spiro atoms. The maximum Gasteiger partial charge on any atom is 0.270 e. The van der Waals surface area contributed by atoms with Gasteiger partial charge in [0.1, 0.15) is 17.3 Å². The van der Waals surface area contributed by atoms with E-state index in [1.54, 1.807) is 11.5 Å². The Balaban J connectivity index is 1.81. The number of non-ortho nitro benzene ring substituents is 1. The van der Waals surface area contributed by atoms with E-state index in [2.05, 4.69) is 15.5 Å². The molecule has 3 aromatic rings. The molecule has 3 rings (SSSR count). The number of nitro benzene ring substituents is 1. The molecule has 1 aromatic carbocycles. The zero-order valence-corrected chi connectivity index (χ0v) is 19.1. The number of aromatic nitrogens is 2. The fraction of sp³-hybridized carbons (Fsp3) is 0.333. The van der Waals surface area contributed by atoms with Gasteiger partial charge in [0.15, 0.2) is 20.5 Å². The van der Waals surface area contributed by atoms with Gasteiger partial charge in [-0.1, -0.05) is 16.5 Å². The molecule has 2 heterocycles. The fourth-order valence-electron chi connectivity index (χ4n) is 2.84. The highest BCUT2D eigenvalue weighted by atomic mass is 32.2. The number of benzene rings is 1. The molecule has 2 amide bonds. The molecule has 13 nitrogen and oxygen atoms in total. The third kappa shape index (κ3) is 6.30. The van der Waals surface area contributed by atoms with E-state index in [1.165, 1.54) is 31.4 Å². The lowest BCUT2D eigenvalue weighted by atomic mass is 10.3. The van der Waals surface area contributed by atoms with Gasteiger partial charge in [0, 0.05) is 31.9 Å². The predicted molar refractivity (Wildman–Crippen MR) is 117 cm³/mol. The van der Waals surface area contributed by atoms with Gasteiger partial charge in [0.05, 0.1) is 21.7 Å². The predicted octanol–water partition coefficient (Wildman–Crippen LogP) is 1.03. The van der Waals surface area contributed by atoms with E-state index in [-0.39, 0.29) is 29.5 Å². The summed E-state index contributed by atoms with van der Waals surface area (Å²) in [5.41, 5.74) is 0.454. The first-order chi connectivity index (χ1) is 15.6. The summed E-state index contributed by atoms with van der Waals surface area (Å²) in [7, 11) is -2.64. The van der Waals surface area contributed by atoms with Crippen LogP contribution < -0.4 is 10.1 Å². The number of amides is 2. The number of nitrogens with one attached hydrogen (secondary N) is 1. The van der Waals surface area contributed by atoms with Crippen molar-refractivity contribution in [2.75, 3.05) is 30.5 Å². The number of methoxy groups -OCH3 is 1. The highest BCUT2D eigenvalue weighted by Crippen LogP contribution is 2.23. The highest BCUT2D eigenvalue weighted by molar-refractivity contribution is 7.92. The molecule has 0 aliphatic heterocycles. The number of thiazole rings is 1. The summed E-state index contributed by atoms with van der Waals surface area (Å²) in [4.78, 5) is 38.9. The number of aryl methyl sites for hydroxylation is 1. The normalized spacial score (nSPS) is 12.2. The first-order valence-corrected chi connectivity index (χ1v) is 12.0. The van der Waals surface area contributed by atoms with Crippen molar-refractivity contribution in [3.8, 4) is 0 Å². The molecule has 0 radical (unpaired) electrons. The van der Waals surface area contributed by atoms with Gasteiger partial charge in [-0.3, -0.25) is 19.7 Å². The average molecular weight is 498 g/mol. The number of sulfone groups is 1. The minimum atomic E-state index is -4.12. The van der Waals surface area contributed by atoms with Gasteiger partial charge in [-0.15, -0.1) is 0 Å². The van der Waals surface area contributed by atoms with Gasteiger partial charge in [0.2, 0.25) is 5.91 Å². The SMILES string of the molecule is COCCn1c(=NC(=O)CS(=O)(=O)CC(=O)Nc2cc(C)on2)sc2cc([N+](=O)[O-])ccc21. The molecule has 0 bridgehead atoms. The molecular formula is C18H19N5O8S2. The van der Waals surface area contributed by atoms with Crippen molar-refractivity contribution in [1.29, 1.82) is 0 Å². The largest absolute Gasteiger partial charge is 0.383 e. The molecular weight excluding hydrogens is 478 g/mol. The molecule has 15 heteroatoms. The minimum absolute atomic E-state index is 0.0577. The lowest BCUT2D eigenvalue weighted by molar-refractivity contribution is -0.384. The van der Waals surface area contributed by atoms with Crippen molar-refractivity contribution in [2.24, 2.45) is 4.99 Å². The second-order valence-corrected chi connectivity index (χ2v) is 9.92. The number of ether oxygens (including phenoxy) is 1. The number of fused-ring (bicyclic) bond motifs is 1. The van der Waals surface area contributed by atoms with Crippen LogP contribution in [-0.4, -0.2) is 60.1 Å². The van der Waals surface area contributed by atoms with E-state index in [0.29, 0.717) is 16.0 Å². The lowest BCUT2D eigenvalue weighted by Gasteiger charge is -2.04. The van der Waals surface area contributed by atoms with Crippen molar-refractivity contribution in [3.63, 3.8) is 0 Å². The Morgan fingerprint density at radius 2 is 2.09 bits per heavy atom. The second kappa shape index (κ2) is 10.0. The molecule has 176 valence electrons. The smallest absolute Gasteiger partial charge is 0.270 e. The summed E-state index contributed by atoms with van der Waals surface area (Å²) in [5, 5.41) is 16.8. The van der Waals surface area contributed by atoms with E-state index in [1.807, 2.05) is 0 Å². The third-order valence-electron chi connectivity index (χ3n) is 4.21. The molecule has 0 aliphatic rings. The van der Waals surface area contributed by atoms with Crippen molar-refractivity contribution >= 4 is 54.7 Å². The summed E-state index contributed by atoms with van der Waals surface area (Å²) in [6.07, 6.45) is 0. The minimum Gasteiger partial charge on any atom is -0.383 e. The number of nitrogens with zero attached hydrogens (tertiary/aromatic N) is 4. The molecule has 2 aromatic heterocycles. The Morgan fingerprint density at radius 3 is 2.73 bits per heavy atom. The first kappa shape index (κ1) is 24.2. The number of hydrogen-bond donors (Lipinski definition) is 1. The van der Waals surface area contributed by atoms with Gasteiger partial charge < -0.3 is 19.1 Å². The summed E-state index contributed by atoms with van der Waals surface area (Å²) < 4.78 is 36.5. The standard InChI is InChI=1S/C18H19N5O8S2/c1-11-7-15(21-31-11)19-16(24)9-33(28,29)10-17(25)20-18-22(5-6-30-2)13-4-3-12(23(26)27)8-14(13)32-18/h3-4,7-8H,5-6,9-10H2,1-2H3,(H,19,21,24). The van der Waals surface area contributed by atoms with E-state index in [9.17, 15) is 28.1 Å². The number of carbonyl (C=O) groups is 2. The van der Waals surface area contributed by atoms with Crippen LogP contribution in [0.5, 0.6) is 0 Å². The van der Waals surface area contributed by atoms with E-state index >= 15 is 0 Å². The monoisotopic (exact) mass is 497 g/mol. The van der Waals surface area contributed by atoms with E-state index in [0.717, 1.165) is 11.3 Å². The van der Waals surface area contributed by atoms with Gasteiger partial charge in [0.25, 0.3) is 11.6 Å². The van der Waals surface area contributed by atoms with Crippen LogP contribution in [0.3, 0.4) is 0 Å². The van der Waals surface area contributed by atoms with Crippen molar-refractivity contribution in [1.82, 2.24) is 9.72 Å². The van der Waals surface area contributed by atoms with Crippen molar-refractivity contribution in [2.45, 2.75) is 13.5 Å². The van der Waals surface area contributed by atoms with E-state index in [4.69, 9.17) is 9.26 Å². The molecule has 1 N–H and O–H groups in total. The van der Waals surface area contributed by atoms with Crippen LogP contribution in [-0.2, 0) is 30.7 Å². The maximum atomic E-state index is 12.4. The summed E-state index contributed by atoms with van der Waals surface area (Å²) in [6.45, 7) is 2.15. The van der Waals surface area contributed by atoms with Crippen LogP contribution in [0, 0.1) is 17.0 Å². The van der Waals surface area contributed by atoms with Gasteiger partial charge in [-0.25, -0.2) is 8.42 Å². The third-order valence-corrected chi connectivity index (χ3v) is 6.64. The number of nitro groups is 1. The maximum absolute atomic E-state index is 12.4. The summed E-state index contributed by atoms with van der Waals surface area (Å²) in [5.74, 6) is -3.30. The highest BCUT2D eigenvalue weighted by Gasteiger charge is 2.22. The molecule has 0 atom stereocenters. The second-order valence-electron chi connectivity index (χ2n) is 6.85. The Kier molecular flexibility index (Phi) is 7.35. The van der Waals surface area contributed by atoms with Gasteiger partial charge >= 0.3 is 0 Å². The zero-order chi connectivity index (χ0) is 24.2. The lowest BCUT2D eigenvalue weighted by Crippen LogP contribution is -2.28. The molecule has 0 saturated heterocycles. The topological polar surface area (TPSA) is 176 Å². The van der Waals surface area contributed by atoms with Crippen molar-refractivity contribution in [3.05, 3.63) is 44.9 Å². The quantitative estimate of drug-likeness (QED) is 0.334. The van der Waals surface area contributed by atoms with Gasteiger partial charge in [-0.05, 0) is 13.0 Å². The summed E-state index contributed by atoms with van der Waals surface area (Å²) >= 11 is 1.00. The van der Waals surface area contributed by atoms with E-state index < -0.39 is 38.1 Å². The summed E-state index contributed by atoms with van der Waals surface area (Å²) in [6, 6.07) is 5.61. The molecule has 0 saturated carbocycles. The Bertz CT molecular complexity index is 1390. The number of hydrogen-bond acceptors (Lipinski definition) is 10. The number of anilines is 1. The number of rotatable bonds is 9. The molecule has 33 heavy (non-hydrogen) atoms. The molecule has 0 unspecified atom stereocenters. The fourth-order valence-corrected chi connectivity index (χ4v) is 4.96. The van der Waals surface area contributed by atoms with Gasteiger partial charge in [-0.2, -0.15) is 4.99 Å². The Hall–Kier alpha value is -3.43. The van der Waals surface area contributed by atoms with Crippen LogP contribution in [0.25, 0.3) is 10.2 Å². The number of carbonyl (C=O) groups excluding carboxylic acids is 2. The van der Waals surface area contributed by atoms with Crippen LogP contribution in [0.1, 0.15) is 5.76 Å². The van der Waals surface area contributed by atoms with Crippen LogP contribution in [0.2, 0.25) is 0 Å². The molecule has 0 aliphatic carbocycles.